The summed E-state index contributed by atoms with van der Waals surface area (Å²) in [6.45, 7) is 9.61. The van der Waals surface area contributed by atoms with Crippen molar-refractivity contribution in [2.24, 2.45) is 5.92 Å². The Morgan fingerprint density at radius 1 is 1.65 bits per heavy atom. The van der Waals surface area contributed by atoms with Crippen LogP contribution in [0.2, 0.25) is 0 Å². The van der Waals surface area contributed by atoms with Gasteiger partial charge in [0, 0.05) is 0 Å². The molecule has 1 unspecified atom stereocenters. The third-order valence-electron chi connectivity index (χ3n) is 4.01. The fourth-order valence-electron chi connectivity index (χ4n) is 2.41. The first kappa shape index (κ1) is 14.5. The van der Waals surface area contributed by atoms with E-state index in [4.69, 9.17) is 0 Å². The molecule has 0 saturated carbocycles. The Morgan fingerprint density at radius 2 is 2.29 bits per heavy atom. The van der Waals surface area contributed by atoms with E-state index >= 15 is 0 Å². The Kier molecular flexibility index (Phi) is 4.96. The van der Waals surface area contributed by atoms with Crippen molar-refractivity contribution in [3.8, 4) is 0 Å². The van der Waals surface area contributed by atoms with Crippen LogP contribution in [0, 0.1) is 5.92 Å². The third kappa shape index (κ3) is 4.29. The maximum atomic E-state index is 10.5. The summed E-state index contributed by atoms with van der Waals surface area (Å²) in [5.74, 6) is 0.323. The van der Waals surface area contributed by atoms with Gasteiger partial charge >= 0.3 is 0 Å². The van der Waals surface area contributed by atoms with Gasteiger partial charge in [0.05, 0.1) is 11.7 Å². The Hall–Kier alpha value is -0.600. The molecular weight excluding hydrogens is 212 g/mol. The molecule has 0 fully saturated rings. The van der Waals surface area contributed by atoms with E-state index in [2.05, 4.69) is 19.6 Å². The van der Waals surface area contributed by atoms with Gasteiger partial charge in [-0.15, -0.1) is 0 Å². The molecule has 0 aromatic heterocycles. The van der Waals surface area contributed by atoms with Crippen molar-refractivity contribution in [2.45, 2.75) is 64.6 Å². The minimum atomic E-state index is -0.673. The molecule has 0 heterocycles. The molecule has 0 aliphatic heterocycles. The zero-order valence-corrected chi connectivity index (χ0v) is 11.4. The highest BCUT2D eigenvalue weighted by Gasteiger charge is 2.32. The van der Waals surface area contributed by atoms with E-state index in [9.17, 15) is 10.2 Å². The van der Waals surface area contributed by atoms with Crippen molar-refractivity contribution < 1.29 is 10.2 Å². The highest BCUT2D eigenvalue weighted by Crippen LogP contribution is 2.35. The predicted octanol–water partition coefficient (Wildman–Crippen LogP) is 3.20. The summed E-state index contributed by atoms with van der Waals surface area (Å²) < 4.78 is 0. The van der Waals surface area contributed by atoms with Crippen LogP contribution in [0.15, 0.2) is 23.8 Å². The van der Waals surface area contributed by atoms with E-state index in [1.165, 1.54) is 5.57 Å². The first-order valence-electron chi connectivity index (χ1n) is 6.54. The molecule has 0 spiro atoms. The van der Waals surface area contributed by atoms with Crippen LogP contribution in [0.4, 0.5) is 0 Å². The summed E-state index contributed by atoms with van der Waals surface area (Å²) in [7, 11) is 0. The Bertz CT molecular complexity index is 302. The van der Waals surface area contributed by atoms with Gasteiger partial charge in [-0.25, -0.2) is 0 Å². The zero-order chi connectivity index (χ0) is 13.1. The first-order chi connectivity index (χ1) is 7.83. The number of rotatable bonds is 5. The number of hydrogen-bond acceptors (Lipinski definition) is 2. The maximum Gasteiger partial charge on any atom is 0.0745 e. The molecule has 0 radical (unpaired) electrons. The molecule has 1 rings (SSSR count). The first-order valence-corrected chi connectivity index (χ1v) is 6.54. The van der Waals surface area contributed by atoms with Gasteiger partial charge in [0.1, 0.15) is 0 Å². The van der Waals surface area contributed by atoms with Gasteiger partial charge in [0.15, 0.2) is 0 Å². The highest BCUT2D eigenvalue weighted by atomic mass is 16.3. The molecule has 2 heteroatoms. The van der Waals surface area contributed by atoms with Crippen LogP contribution in [-0.4, -0.2) is 21.9 Å². The average Bonchev–Trinajstić information content (AvgIpc) is 2.26. The zero-order valence-electron chi connectivity index (χ0n) is 11.4. The molecule has 98 valence electrons. The normalized spacial score (nSPS) is 25.9. The Morgan fingerprint density at radius 3 is 2.76 bits per heavy atom. The third-order valence-corrected chi connectivity index (χ3v) is 4.01. The van der Waals surface area contributed by atoms with Gasteiger partial charge in [-0.2, -0.15) is 0 Å². The molecule has 2 N–H and O–H groups in total. The van der Waals surface area contributed by atoms with E-state index in [1.807, 2.05) is 13.8 Å². The SMILES string of the molecule is C=C(C)C(O)CC[C@](C)(O)[C@@H]1CC=C(C)CC1. The van der Waals surface area contributed by atoms with Gasteiger partial charge in [-0.05, 0) is 58.8 Å². The molecule has 3 atom stereocenters. The molecule has 2 nitrogen and oxygen atoms in total. The van der Waals surface area contributed by atoms with Crippen molar-refractivity contribution in [1.29, 1.82) is 0 Å². The molecule has 0 aromatic carbocycles. The van der Waals surface area contributed by atoms with Crippen LogP contribution >= 0.6 is 0 Å². The van der Waals surface area contributed by atoms with Gasteiger partial charge in [-0.1, -0.05) is 23.8 Å². The van der Waals surface area contributed by atoms with Crippen LogP contribution in [-0.2, 0) is 0 Å². The summed E-state index contributed by atoms with van der Waals surface area (Å²) in [4.78, 5) is 0. The van der Waals surface area contributed by atoms with Gasteiger partial charge in [-0.3, -0.25) is 0 Å². The number of aliphatic hydroxyl groups excluding tert-OH is 1. The Labute approximate surface area is 105 Å². The van der Waals surface area contributed by atoms with E-state index in [0.29, 0.717) is 18.8 Å². The van der Waals surface area contributed by atoms with Crippen molar-refractivity contribution in [1.82, 2.24) is 0 Å². The number of aliphatic hydroxyl groups is 2. The van der Waals surface area contributed by atoms with Gasteiger partial charge in [0.2, 0.25) is 0 Å². The predicted molar refractivity (Wildman–Crippen MR) is 71.8 cm³/mol. The van der Waals surface area contributed by atoms with Crippen LogP contribution < -0.4 is 0 Å². The number of hydrogen-bond donors (Lipinski definition) is 2. The molecule has 0 bridgehead atoms. The van der Waals surface area contributed by atoms with Gasteiger partial charge < -0.3 is 10.2 Å². The lowest BCUT2D eigenvalue weighted by Crippen LogP contribution is -2.36. The minimum Gasteiger partial charge on any atom is -0.390 e. The molecule has 1 aliphatic carbocycles. The van der Waals surface area contributed by atoms with Crippen molar-refractivity contribution in [3.63, 3.8) is 0 Å². The number of allylic oxidation sites excluding steroid dienone is 2. The van der Waals surface area contributed by atoms with Crippen LogP contribution in [0.5, 0.6) is 0 Å². The topological polar surface area (TPSA) is 40.5 Å². The monoisotopic (exact) mass is 238 g/mol. The second kappa shape index (κ2) is 5.83. The smallest absolute Gasteiger partial charge is 0.0745 e. The van der Waals surface area contributed by atoms with E-state index in [-0.39, 0.29) is 0 Å². The molecule has 0 saturated heterocycles. The molecule has 1 aliphatic rings. The minimum absolute atomic E-state index is 0.323. The molecular formula is C15H26O2. The van der Waals surface area contributed by atoms with Crippen molar-refractivity contribution in [3.05, 3.63) is 23.8 Å². The molecule has 0 amide bonds. The second-order valence-electron chi connectivity index (χ2n) is 5.78. The summed E-state index contributed by atoms with van der Waals surface area (Å²) >= 11 is 0. The summed E-state index contributed by atoms with van der Waals surface area (Å²) in [6.07, 6.45) is 6.09. The Balaban J connectivity index is 2.48. The summed E-state index contributed by atoms with van der Waals surface area (Å²) in [6, 6.07) is 0. The standard InChI is InChI=1S/C15H26O2/c1-11(2)14(16)9-10-15(4,17)13-7-5-12(3)6-8-13/h5,13-14,16-17H,1,6-10H2,2-4H3/t13-,14?,15+/m1/s1. The average molecular weight is 238 g/mol. The van der Waals surface area contributed by atoms with E-state index < -0.39 is 11.7 Å². The van der Waals surface area contributed by atoms with Gasteiger partial charge in [0.25, 0.3) is 0 Å². The van der Waals surface area contributed by atoms with E-state index in [1.54, 1.807) is 0 Å². The summed E-state index contributed by atoms with van der Waals surface area (Å²) in [5, 5.41) is 20.2. The lowest BCUT2D eigenvalue weighted by Gasteiger charge is -2.35. The second-order valence-corrected chi connectivity index (χ2v) is 5.78. The fourth-order valence-corrected chi connectivity index (χ4v) is 2.41. The van der Waals surface area contributed by atoms with Crippen molar-refractivity contribution >= 4 is 0 Å². The lowest BCUT2D eigenvalue weighted by atomic mass is 9.76. The van der Waals surface area contributed by atoms with E-state index in [0.717, 1.165) is 24.8 Å². The quantitative estimate of drug-likeness (QED) is 0.722. The highest BCUT2D eigenvalue weighted by molar-refractivity contribution is 5.06. The largest absolute Gasteiger partial charge is 0.390 e. The lowest BCUT2D eigenvalue weighted by molar-refractivity contribution is -0.0216. The maximum absolute atomic E-state index is 10.5. The van der Waals surface area contributed by atoms with Crippen LogP contribution in [0.3, 0.4) is 0 Å². The molecule has 17 heavy (non-hydrogen) atoms. The van der Waals surface area contributed by atoms with Crippen molar-refractivity contribution in [2.75, 3.05) is 0 Å². The molecule has 0 aromatic rings. The van der Waals surface area contributed by atoms with Crippen LogP contribution in [0.1, 0.15) is 52.9 Å². The van der Waals surface area contributed by atoms with Crippen LogP contribution in [0.25, 0.3) is 0 Å². The fraction of sp³-hybridized carbons (Fsp3) is 0.733. The summed E-state index contributed by atoms with van der Waals surface area (Å²) in [5.41, 5.74) is 1.53.